The Kier molecular flexibility index (Phi) is 6.50. The van der Waals surface area contributed by atoms with Crippen LogP contribution in [-0.4, -0.2) is 18.8 Å². The van der Waals surface area contributed by atoms with Crippen molar-refractivity contribution in [3.63, 3.8) is 0 Å². The Morgan fingerprint density at radius 2 is 1.50 bits per heavy atom. The molecule has 2 aromatic carbocycles. The largest absolute Gasteiger partial charge is 0.344 e. The van der Waals surface area contributed by atoms with Crippen molar-refractivity contribution in [3.05, 3.63) is 64.9 Å². The Labute approximate surface area is 182 Å². The minimum atomic E-state index is -3.80. The van der Waals surface area contributed by atoms with Crippen molar-refractivity contribution in [2.75, 3.05) is 0 Å². The van der Waals surface area contributed by atoms with Gasteiger partial charge in [-0.05, 0) is 41.8 Å². The molecule has 5 nitrogen and oxygen atoms in total. The number of benzene rings is 2. The zero-order chi connectivity index (χ0) is 22.1. The number of Topliss-reactive ketones (excluding diaryl/α,β-unsaturated/α-hetero) is 1. The zero-order valence-electron chi connectivity index (χ0n) is 17.3. The first-order valence-electron chi connectivity index (χ1n) is 9.82. The first kappa shape index (κ1) is 22.3. The second-order valence-corrected chi connectivity index (χ2v) is 9.21. The van der Waals surface area contributed by atoms with Gasteiger partial charge in [-0.2, -0.15) is 0 Å². The van der Waals surface area contributed by atoms with Gasteiger partial charge in [-0.25, -0.2) is 13.6 Å². The second kappa shape index (κ2) is 8.76. The molecular formula is C23H25ClN2O3S. The molecule has 0 radical (unpaired) electrons. The van der Waals surface area contributed by atoms with E-state index >= 15 is 0 Å². The van der Waals surface area contributed by atoms with Crippen molar-refractivity contribution in [1.82, 2.24) is 4.57 Å². The normalized spacial score (nSPS) is 11.6. The van der Waals surface area contributed by atoms with Gasteiger partial charge in [-0.3, -0.25) is 4.79 Å². The van der Waals surface area contributed by atoms with Gasteiger partial charge in [0.05, 0.1) is 10.6 Å². The monoisotopic (exact) mass is 444 g/mol. The highest BCUT2D eigenvalue weighted by Gasteiger charge is 2.26. The first-order chi connectivity index (χ1) is 14.2. The lowest BCUT2D eigenvalue weighted by Crippen LogP contribution is -2.11. The number of hydrogen-bond donors (Lipinski definition) is 1. The number of ketones is 1. The van der Waals surface area contributed by atoms with Crippen molar-refractivity contribution < 1.29 is 13.2 Å². The van der Waals surface area contributed by atoms with Crippen molar-refractivity contribution in [2.45, 2.75) is 38.0 Å². The standard InChI is InChI=1S/C23H25ClN2O3S/c1-4-6-19-21(15-7-11-17(24)12-8-15)22(23(26(19)3)20(27)5-2)16-9-13-18(14-10-16)30(25,28)29/h7-14H,4-6H2,1-3H3,(H2,25,28,29). The van der Waals surface area contributed by atoms with E-state index in [2.05, 4.69) is 6.92 Å². The number of nitrogens with two attached hydrogens (primary N) is 1. The molecular weight excluding hydrogens is 420 g/mol. The quantitative estimate of drug-likeness (QED) is 0.508. The smallest absolute Gasteiger partial charge is 0.238 e. The van der Waals surface area contributed by atoms with Gasteiger partial charge in [0.2, 0.25) is 10.0 Å². The maximum absolute atomic E-state index is 13.0. The Balaban J connectivity index is 2.37. The molecule has 0 fully saturated rings. The number of rotatable bonds is 7. The number of primary sulfonamides is 1. The highest BCUT2D eigenvalue weighted by Crippen LogP contribution is 2.41. The maximum Gasteiger partial charge on any atom is 0.238 e. The molecule has 0 unspecified atom stereocenters. The Morgan fingerprint density at radius 3 is 2.00 bits per heavy atom. The molecule has 3 aromatic rings. The van der Waals surface area contributed by atoms with Gasteiger partial charge in [0.15, 0.2) is 5.78 Å². The van der Waals surface area contributed by atoms with E-state index < -0.39 is 10.0 Å². The molecule has 0 atom stereocenters. The van der Waals surface area contributed by atoms with Crippen LogP contribution in [0.15, 0.2) is 53.4 Å². The van der Waals surface area contributed by atoms with Gasteiger partial charge >= 0.3 is 0 Å². The number of carbonyl (C=O) groups excluding carboxylic acids is 1. The van der Waals surface area contributed by atoms with E-state index in [1.54, 1.807) is 12.1 Å². The van der Waals surface area contributed by atoms with E-state index in [0.29, 0.717) is 17.1 Å². The topological polar surface area (TPSA) is 82.2 Å². The number of carbonyl (C=O) groups is 1. The second-order valence-electron chi connectivity index (χ2n) is 7.21. The van der Waals surface area contributed by atoms with Crippen molar-refractivity contribution in [2.24, 2.45) is 12.2 Å². The van der Waals surface area contributed by atoms with Crippen LogP contribution in [0.2, 0.25) is 5.02 Å². The van der Waals surface area contributed by atoms with Gasteiger partial charge in [0, 0.05) is 35.3 Å². The lowest BCUT2D eigenvalue weighted by molar-refractivity contribution is 0.0980. The number of aromatic nitrogens is 1. The predicted molar refractivity (Wildman–Crippen MR) is 121 cm³/mol. The molecule has 0 aliphatic heterocycles. The fourth-order valence-electron chi connectivity index (χ4n) is 3.78. The van der Waals surface area contributed by atoms with Crippen LogP contribution >= 0.6 is 11.6 Å². The van der Waals surface area contributed by atoms with Crippen LogP contribution in [0, 0.1) is 0 Å². The van der Waals surface area contributed by atoms with Gasteiger partial charge in [-0.15, -0.1) is 0 Å². The predicted octanol–water partition coefficient (Wildman–Crippen LogP) is 5.21. The molecule has 0 saturated heterocycles. The Bertz CT molecular complexity index is 1180. The summed E-state index contributed by atoms with van der Waals surface area (Å²) in [6.45, 7) is 3.94. The van der Waals surface area contributed by atoms with Crippen LogP contribution in [0.5, 0.6) is 0 Å². The summed E-state index contributed by atoms with van der Waals surface area (Å²) in [6.07, 6.45) is 2.08. The molecule has 3 rings (SSSR count). The van der Waals surface area contributed by atoms with Crippen molar-refractivity contribution in [3.8, 4) is 22.3 Å². The molecule has 1 heterocycles. The number of nitrogens with zero attached hydrogens (tertiary/aromatic N) is 1. The number of hydrogen-bond acceptors (Lipinski definition) is 3. The third kappa shape index (κ3) is 4.21. The van der Waals surface area contributed by atoms with Crippen LogP contribution in [-0.2, 0) is 23.5 Å². The van der Waals surface area contributed by atoms with E-state index in [-0.39, 0.29) is 10.7 Å². The fraction of sp³-hybridized carbons (Fsp3) is 0.261. The molecule has 0 bridgehead atoms. The number of sulfonamides is 1. The molecule has 0 saturated carbocycles. The highest BCUT2D eigenvalue weighted by molar-refractivity contribution is 7.89. The van der Waals surface area contributed by atoms with E-state index in [0.717, 1.165) is 40.8 Å². The van der Waals surface area contributed by atoms with E-state index in [1.165, 1.54) is 12.1 Å². The third-order valence-electron chi connectivity index (χ3n) is 5.19. The lowest BCUT2D eigenvalue weighted by atomic mass is 9.92. The van der Waals surface area contributed by atoms with E-state index in [1.807, 2.05) is 42.8 Å². The molecule has 0 aliphatic carbocycles. The maximum atomic E-state index is 13.0. The summed E-state index contributed by atoms with van der Waals surface area (Å²) in [7, 11) is -1.89. The molecule has 7 heteroatoms. The molecule has 1 aromatic heterocycles. The summed E-state index contributed by atoms with van der Waals surface area (Å²) >= 11 is 6.10. The SMILES string of the molecule is CCCc1c(-c2ccc(Cl)cc2)c(-c2ccc(S(N)(=O)=O)cc2)c(C(=O)CC)n1C. The third-order valence-corrected chi connectivity index (χ3v) is 6.37. The fourth-order valence-corrected chi connectivity index (χ4v) is 4.42. The Morgan fingerprint density at radius 1 is 0.967 bits per heavy atom. The molecule has 0 aliphatic rings. The summed E-state index contributed by atoms with van der Waals surface area (Å²) in [5.74, 6) is 0.0283. The highest BCUT2D eigenvalue weighted by atomic mass is 35.5. The Hall–Kier alpha value is -2.41. The van der Waals surface area contributed by atoms with E-state index in [9.17, 15) is 13.2 Å². The molecule has 30 heavy (non-hydrogen) atoms. The minimum Gasteiger partial charge on any atom is -0.344 e. The van der Waals surface area contributed by atoms with Crippen LogP contribution in [0.3, 0.4) is 0 Å². The van der Waals surface area contributed by atoms with E-state index in [4.69, 9.17) is 16.7 Å². The summed E-state index contributed by atoms with van der Waals surface area (Å²) in [4.78, 5) is 13.0. The van der Waals surface area contributed by atoms with Gasteiger partial charge in [0.1, 0.15) is 0 Å². The molecule has 0 spiro atoms. The molecule has 158 valence electrons. The first-order valence-corrected chi connectivity index (χ1v) is 11.7. The van der Waals surface area contributed by atoms with Gasteiger partial charge in [-0.1, -0.05) is 56.1 Å². The van der Waals surface area contributed by atoms with Gasteiger partial charge < -0.3 is 4.57 Å². The minimum absolute atomic E-state index is 0.0283. The number of halogens is 1. The van der Waals surface area contributed by atoms with Crippen LogP contribution in [0.1, 0.15) is 42.9 Å². The summed E-state index contributed by atoms with van der Waals surface area (Å²) in [5, 5.41) is 5.88. The average Bonchev–Trinajstić information content (AvgIpc) is 3.00. The zero-order valence-corrected chi connectivity index (χ0v) is 18.8. The van der Waals surface area contributed by atoms with Gasteiger partial charge in [0.25, 0.3) is 0 Å². The van der Waals surface area contributed by atoms with Crippen LogP contribution in [0.25, 0.3) is 22.3 Å². The summed E-state index contributed by atoms with van der Waals surface area (Å²) < 4.78 is 25.3. The summed E-state index contributed by atoms with van der Waals surface area (Å²) in [6, 6.07) is 13.9. The molecule has 2 N–H and O–H groups in total. The molecule has 0 amide bonds. The average molecular weight is 445 g/mol. The van der Waals surface area contributed by atoms with Crippen LogP contribution < -0.4 is 5.14 Å². The van der Waals surface area contributed by atoms with Crippen LogP contribution in [0.4, 0.5) is 0 Å². The van der Waals surface area contributed by atoms with Crippen molar-refractivity contribution in [1.29, 1.82) is 0 Å². The summed E-state index contributed by atoms with van der Waals surface area (Å²) in [5.41, 5.74) is 5.17. The lowest BCUT2D eigenvalue weighted by Gasteiger charge is -2.10. The van der Waals surface area contributed by atoms with Crippen molar-refractivity contribution >= 4 is 27.4 Å².